The Morgan fingerprint density at radius 1 is 1.52 bits per heavy atom. The van der Waals surface area contributed by atoms with Crippen molar-refractivity contribution in [3.63, 3.8) is 0 Å². The molecule has 7 nitrogen and oxygen atoms in total. The summed E-state index contributed by atoms with van der Waals surface area (Å²) in [6.45, 7) is 0.140. The molecule has 0 aromatic heterocycles. The number of nitro groups is 1. The van der Waals surface area contributed by atoms with Crippen LogP contribution >= 0.6 is 0 Å². The van der Waals surface area contributed by atoms with E-state index in [2.05, 4.69) is 0 Å². The standard InChI is InChI=1S/C14H18N2O5/c1-21-13-9-11(16(19)20)5-6-12(13)14(18)15(7-8-17)10-3-2-4-10/h5-6,9-10,17H,2-4,7-8H2,1H3. The number of nitro benzene ring substituents is 1. The summed E-state index contributed by atoms with van der Waals surface area (Å²) in [6.07, 6.45) is 2.90. The summed E-state index contributed by atoms with van der Waals surface area (Å²) in [6, 6.07) is 4.06. The molecule has 0 bridgehead atoms. The van der Waals surface area contributed by atoms with Crippen LogP contribution in [0.15, 0.2) is 18.2 Å². The van der Waals surface area contributed by atoms with Gasteiger partial charge in [0.1, 0.15) is 5.75 Å². The van der Waals surface area contributed by atoms with Gasteiger partial charge in [-0.3, -0.25) is 14.9 Å². The molecular weight excluding hydrogens is 276 g/mol. The zero-order valence-electron chi connectivity index (χ0n) is 11.8. The number of aliphatic hydroxyl groups is 1. The smallest absolute Gasteiger partial charge is 0.273 e. The van der Waals surface area contributed by atoms with Gasteiger partial charge in [-0.05, 0) is 25.3 Å². The Hall–Kier alpha value is -2.15. The minimum atomic E-state index is -0.534. The molecule has 2 rings (SSSR count). The molecular formula is C14H18N2O5. The fourth-order valence-electron chi connectivity index (χ4n) is 2.38. The summed E-state index contributed by atoms with van der Waals surface area (Å²) >= 11 is 0. The van der Waals surface area contributed by atoms with E-state index in [-0.39, 0.29) is 42.1 Å². The van der Waals surface area contributed by atoms with Crippen LogP contribution in [-0.2, 0) is 0 Å². The van der Waals surface area contributed by atoms with Gasteiger partial charge in [0, 0.05) is 18.7 Å². The van der Waals surface area contributed by atoms with Crippen molar-refractivity contribution in [3.05, 3.63) is 33.9 Å². The summed E-state index contributed by atoms with van der Waals surface area (Å²) in [5, 5.41) is 19.9. The van der Waals surface area contributed by atoms with Gasteiger partial charge < -0.3 is 14.7 Å². The highest BCUT2D eigenvalue weighted by Gasteiger charge is 2.30. The van der Waals surface area contributed by atoms with Crippen LogP contribution < -0.4 is 4.74 Å². The van der Waals surface area contributed by atoms with Gasteiger partial charge in [0.25, 0.3) is 11.6 Å². The van der Waals surface area contributed by atoms with Crippen molar-refractivity contribution in [2.24, 2.45) is 0 Å². The van der Waals surface area contributed by atoms with Crippen LogP contribution in [0.4, 0.5) is 5.69 Å². The molecule has 1 fully saturated rings. The molecule has 0 atom stereocenters. The van der Waals surface area contributed by atoms with Gasteiger partial charge in [0.2, 0.25) is 0 Å². The van der Waals surface area contributed by atoms with Crippen molar-refractivity contribution >= 4 is 11.6 Å². The summed E-state index contributed by atoms with van der Waals surface area (Å²) in [5.74, 6) is -0.0861. The highest BCUT2D eigenvalue weighted by Crippen LogP contribution is 2.30. The number of benzene rings is 1. The summed E-state index contributed by atoms with van der Waals surface area (Å²) < 4.78 is 5.10. The lowest BCUT2D eigenvalue weighted by molar-refractivity contribution is -0.384. The maximum Gasteiger partial charge on any atom is 0.273 e. The van der Waals surface area contributed by atoms with Gasteiger partial charge in [-0.25, -0.2) is 0 Å². The fourth-order valence-corrected chi connectivity index (χ4v) is 2.38. The number of hydrogen-bond donors (Lipinski definition) is 1. The van der Waals surface area contributed by atoms with Crippen LogP contribution in [0.1, 0.15) is 29.6 Å². The molecule has 1 aliphatic carbocycles. The minimum absolute atomic E-state index is 0.114. The van der Waals surface area contributed by atoms with Crippen molar-refractivity contribution in [2.45, 2.75) is 25.3 Å². The van der Waals surface area contributed by atoms with Crippen molar-refractivity contribution in [1.29, 1.82) is 0 Å². The first-order chi connectivity index (χ1) is 10.1. The Bertz CT molecular complexity index is 542. The maximum atomic E-state index is 12.6. The number of non-ortho nitro benzene ring substituents is 1. The van der Waals surface area contributed by atoms with E-state index in [4.69, 9.17) is 9.84 Å². The van der Waals surface area contributed by atoms with Gasteiger partial charge in [-0.1, -0.05) is 0 Å². The average molecular weight is 294 g/mol. The van der Waals surface area contributed by atoms with Crippen LogP contribution in [0, 0.1) is 10.1 Å². The third kappa shape index (κ3) is 3.13. The second-order valence-corrected chi connectivity index (χ2v) is 4.95. The van der Waals surface area contributed by atoms with Gasteiger partial charge in [0.05, 0.1) is 30.3 Å². The molecule has 0 spiro atoms. The predicted octanol–water partition coefficient (Wildman–Crippen LogP) is 1.59. The van der Waals surface area contributed by atoms with Gasteiger partial charge in [-0.2, -0.15) is 0 Å². The van der Waals surface area contributed by atoms with E-state index < -0.39 is 4.92 Å². The number of carbonyl (C=O) groups is 1. The number of nitrogens with zero attached hydrogens (tertiary/aromatic N) is 2. The lowest BCUT2D eigenvalue weighted by atomic mass is 9.91. The Morgan fingerprint density at radius 2 is 2.24 bits per heavy atom. The van der Waals surface area contributed by atoms with E-state index >= 15 is 0 Å². The number of hydrogen-bond acceptors (Lipinski definition) is 5. The van der Waals surface area contributed by atoms with Crippen molar-refractivity contribution in [1.82, 2.24) is 4.90 Å². The minimum Gasteiger partial charge on any atom is -0.496 e. The van der Waals surface area contributed by atoms with Crippen molar-refractivity contribution < 1.29 is 19.6 Å². The van der Waals surface area contributed by atoms with Crippen LogP contribution in [0.5, 0.6) is 5.75 Å². The Morgan fingerprint density at radius 3 is 2.71 bits per heavy atom. The topological polar surface area (TPSA) is 92.9 Å². The number of methoxy groups -OCH3 is 1. The molecule has 114 valence electrons. The normalized spacial score (nSPS) is 14.4. The van der Waals surface area contributed by atoms with E-state index in [0.29, 0.717) is 0 Å². The van der Waals surface area contributed by atoms with E-state index in [0.717, 1.165) is 19.3 Å². The van der Waals surface area contributed by atoms with E-state index in [1.165, 1.54) is 25.3 Å². The lowest BCUT2D eigenvalue weighted by Crippen LogP contribution is -2.45. The number of ether oxygens (including phenoxy) is 1. The summed E-state index contributed by atoms with van der Waals surface area (Å²) in [5.41, 5.74) is 0.157. The molecule has 0 heterocycles. The molecule has 0 saturated heterocycles. The largest absolute Gasteiger partial charge is 0.496 e. The lowest BCUT2D eigenvalue weighted by Gasteiger charge is -2.37. The van der Waals surface area contributed by atoms with Crippen LogP contribution in [0.25, 0.3) is 0 Å². The van der Waals surface area contributed by atoms with E-state index in [1.54, 1.807) is 4.90 Å². The molecule has 1 aromatic carbocycles. The monoisotopic (exact) mass is 294 g/mol. The fraction of sp³-hybridized carbons (Fsp3) is 0.500. The molecule has 0 aliphatic heterocycles. The number of amides is 1. The van der Waals surface area contributed by atoms with Crippen LogP contribution in [-0.4, -0.2) is 47.1 Å². The average Bonchev–Trinajstić information content (AvgIpc) is 2.43. The highest BCUT2D eigenvalue weighted by atomic mass is 16.6. The van der Waals surface area contributed by atoms with Gasteiger partial charge in [0.15, 0.2) is 0 Å². The van der Waals surface area contributed by atoms with Crippen LogP contribution in [0.3, 0.4) is 0 Å². The zero-order chi connectivity index (χ0) is 15.4. The second kappa shape index (κ2) is 6.53. The zero-order valence-corrected chi connectivity index (χ0v) is 11.8. The summed E-state index contributed by atoms with van der Waals surface area (Å²) in [7, 11) is 1.37. The third-order valence-electron chi connectivity index (χ3n) is 3.74. The molecule has 7 heteroatoms. The second-order valence-electron chi connectivity index (χ2n) is 4.95. The first-order valence-electron chi connectivity index (χ1n) is 6.82. The maximum absolute atomic E-state index is 12.6. The first kappa shape index (κ1) is 15.2. The molecule has 1 aromatic rings. The molecule has 1 N–H and O–H groups in total. The first-order valence-corrected chi connectivity index (χ1v) is 6.82. The van der Waals surface area contributed by atoms with Crippen molar-refractivity contribution in [2.75, 3.05) is 20.3 Å². The quantitative estimate of drug-likeness (QED) is 0.635. The Labute approximate surface area is 122 Å². The predicted molar refractivity (Wildman–Crippen MR) is 75.4 cm³/mol. The molecule has 0 radical (unpaired) electrons. The summed E-state index contributed by atoms with van der Waals surface area (Å²) in [4.78, 5) is 24.5. The van der Waals surface area contributed by atoms with Crippen molar-refractivity contribution in [3.8, 4) is 5.75 Å². The van der Waals surface area contributed by atoms with E-state index in [9.17, 15) is 14.9 Å². The number of carbonyl (C=O) groups excluding carboxylic acids is 1. The Balaban J connectivity index is 2.29. The molecule has 0 unspecified atom stereocenters. The van der Waals surface area contributed by atoms with Gasteiger partial charge >= 0.3 is 0 Å². The highest BCUT2D eigenvalue weighted by molar-refractivity contribution is 5.97. The van der Waals surface area contributed by atoms with E-state index in [1.807, 2.05) is 0 Å². The molecule has 1 saturated carbocycles. The molecule has 1 aliphatic rings. The SMILES string of the molecule is COc1cc([N+](=O)[O-])ccc1C(=O)N(CCO)C1CCC1. The Kier molecular flexibility index (Phi) is 4.74. The van der Waals surface area contributed by atoms with Gasteiger partial charge in [-0.15, -0.1) is 0 Å². The number of aliphatic hydroxyl groups excluding tert-OH is 1. The molecule has 21 heavy (non-hydrogen) atoms. The third-order valence-corrected chi connectivity index (χ3v) is 3.74. The molecule has 1 amide bonds. The number of rotatable bonds is 6. The van der Waals surface area contributed by atoms with Crippen LogP contribution in [0.2, 0.25) is 0 Å².